The van der Waals surface area contributed by atoms with E-state index in [0.29, 0.717) is 17.6 Å². The van der Waals surface area contributed by atoms with Crippen LogP contribution in [0.5, 0.6) is 5.75 Å². The maximum atomic E-state index is 14.2. The monoisotopic (exact) mass is 281 g/mol. The molecule has 0 aliphatic rings. The predicted octanol–water partition coefficient (Wildman–Crippen LogP) is 4.04. The minimum Gasteiger partial charge on any atom is -0.494 e. The van der Waals surface area contributed by atoms with Gasteiger partial charge in [0.05, 0.1) is 7.11 Å². The number of hydrogen-bond acceptors (Lipinski definition) is 2. The molecule has 0 spiro atoms. The molecule has 0 amide bonds. The van der Waals surface area contributed by atoms with Crippen molar-refractivity contribution in [1.29, 1.82) is 0 Å². The Labute approximate surface area is 122 Å². The second-order valence-electron chi connectivity index (χ2n) is 5.84. The van der Waals surface area contributed by atoms with Crippen LogP contribution in [0.1, 0.15) is 39.2 Å². The zero-order valence-corrected chi connectivity index (χ0v) is 13.2. The van der Waals surface area contributed by atoms with Crippen LogP contribution in [0.2, 0.25) is 0 Å². The first-order valence-corrected chi connectivity index (χ1v) is 7.60. The molecule has 1 aromatic rings. The van der Waals surface area contributed by atoms with Crippen molar-refractivity contribution in [2.24, 2.45) is 11.8 Å². The minimum absolute atomic E-state index is 0.209. The van der Waals surface area contributed by atoms with E-state index in [1.54, 1.807) is 6.07 Å². The van der Waals surface area contributed by atoms with E-state index in [4.69, 9.17) is 4.74 Å². The van der Waals surface area contributed by atoms with Crippen molar-refractivity contribution in [2.75, 3.05) is 20.2 Å². The second kappa shape index (κ2) is 8.96. The third-order valence-electron chi connectivity index (χ3n) is 3.44. The fourth-order valence-electron chi connectivity index (χ4n) is 2.57. The zero-order chi connectivity index (χ0) is 15.0. The lowest BCUT2D eigenvalue weighted by atomic mass is 9.90. The fourth-order valence-corrected chi connectivity index (χ4v) is 2.57. The Morgan fingerprint density at radius 3 is 2.65 bits per heavy atom. The van der Waals surface area contributed by atoms with Crippen molar-refractivity contribution >= 4 is 0 Å². The van der Waals surface area contributed by atoms with Crippen molar-refractivity contribution in [1.82, 2.24) is 5.32 Å². The molecule has 1 aromatic carbocycles. The number of methoxy groups -OCH3 is 1. The maximum Gasteiger partial charge on any atom is 0.168 e. The summed E-state index contributed by atoms with van der Waals surface area (Å²) in [5, 5.41) is 3.46. The Balaban J connectivity index is 2.72. The standard InChI is InChI=1S/C17H28FNO/c1-5-9-19-12-14(10-13(2)3)11-15-7-6-8-16(20-4)17(15)18/h6-8,13-14,19H,5,9-12H2,1-4H3. The third kappa shape index (κ3) is 5.49. The molecule has 2 nitrogen and oxygen atoms in total. The molecule has 1 atom stereocenters. The number of hydrogen-bond donors (Lipinski definition) is 1. The van der Waals surface area contributed by atoms with Crippen LogP contribution in [0, 0.1) is 17.7 Å². The smallest absolute Gasteiger partial charge is 0.168 e. The molecule has 0 aliphatic heterocycles. The first kappa shape index (κ1) is 17.0. The van der Waals surface area contributed by atoms with Crippen LogP contribution < -0.4 is 10.1 Å². The van der Waals surface area contributed by atoms with Gasteiger partial charge in [-0.2, -0.15) is 0 Å². The molecule has 3 heteroatoms. The lowest BCUT2D eigenvalue weighted by Gasteiger charge is -2.20. The quantitative estimate of drug-likeness (QED) is 0.690. The summed E-state index contributed by atoms with van der Waals surface area (Å²) in [5.41, 5.74) is 0.758. The van der Waals surface area contributed by atoms with E-state index in [2.05, 4.69) is 26.1 Å². The van der Waals surface area contributed by atoms with Crippen LogP contribution in [0.25, 0.3) is 0 Å². The van der Waals surface area contributed by atoms with Gasteiger partial charge in [-0.1, -0.05) is 32.9 Å². The molecule has 0 heterocycles. The molecule has 0 saturated carbocycles. The number of rotatable bonds is 9. The van der Waals surface area contributed by atoms with E-state index in [-0.39, 0.29) is 5.82 Å². The Kier molecular flexibility index (Phi) is 7.60. The van der Waals surface area contributed by atoms with Gasteiger partial charge in [-0.15, -0.1) is 0 Å². The molecule has 0 fully saturated rings. The average molecular weight is 281 g/mol. The van der Waals surface area contributed by atoms with Gasteiger partial charge in [0.2, 0.25) is 0 Å². The van der Waals surface area contributed by atoms with Crippen LogP contribution in [-0.4, -0.2) is 20.2 Å². The van der Waals surface area contributed by atoms with Crippen LogP contribution in [0.3, 0.4) is 0 Å². The Hall–Kier alpha value is -1.09. The number of nitrogens with one attached hydrogen (secondary N) is 1. The normalized spacial score (nSPS) is 12.7. The molecular weight excluding hydrogens is 253 g/mol. The maximum absolute atomic E-state index is 14.2. The van der Waals surface area contributed by atoms with Gasteiger partial charge >= 0.3 is 0 Å². The van der Waals surface area contributed by atoms with Crippen LogP contribution >= 0.6 is 0 Å². The van der Waals surface area contributed by atoms with E-state index in [9.17, 15) is 4.39 Å². The topological polar surface area (TPSA) is 21.3 Å². The molecule has 1 N–H and O–H groups in total. The molecule has 1 rings (SSSR count). The van der Waals surface area contributed by atoms with Gasteiger partial charge in [-0.3, -0.25) is 0 Å². The summed E-state index contributed by atoms with van der Waals surface area (Å²) >= 11 is 0. The summed E-state index contributed by atoms with van der Waals surface area (Å²) in [6.45, 7) is 8.56. The molecule has 0 aromatic heterocycles. The highest BCUT2D eigenvalue weighted by Crippen LogP contribution is 2.24. The third-order valence-corrected chi connectivity index (χ3v) is 3.44. The van der Waals surface area contributed by atoms with Crippen molar-refractivity contribution in [3.63, 3.8) is 0 Å². The van der Waals surface area contributed by atoms with Gasteiger partial charge in [0.1, 0.15) is 0 Å². The highest BCUT2D eigenvalue weighted by atomic mass is 19.1. The summed E-state index contributed by atoms with van der Waals surface area (Å²) in [6, 6.07) is 5.40. The molecule has 0 saturated heterocycles. The highest BCUT2D eigenvalue weighted by Gasteiger charge is 2.16. The molecule has 20 heavy (non-hydrogen) atoms. The summed E-state index contributed by atoms with van der Waals surface area (Å²) in [6.07, 6.45) is 2.99. The first-order valence-electron chi connectivity index (χ1n) is 7.60. The van der Waals surface area contributed by atoms with E-state index in [0.717, 1.165) is 37.9 Å². The Morgan fingerprint density at radius 1 is 1.30 bits per heavy atom. The predicted molar refractivity (Wildman–Crippen MR) is 82.8 cm³/mol. The molecular formula is C17H28FNO. The number of benzene rings is 1. The average Bonchev–Trinajstić information content (AvgIpc) is 2.40. The van der Waals surface area contributed by atoms with Gasteiger partial charge in [-0.05, 0) is 55.8 Å². The fraction of sp³-hybridized carbons (Fsp3) is 0.647. The lowest BCUT2D eigenvalue weighted by Crippen LogP contribution is -2.26. The SMILES string of the molecule is CCCNCC(Cc1cccc(OC)c1F)CC(C)C. The summed E-state index contributed by atoms with van der Waals surface area (Å²) in [7, 11) is 1.51. The van der Waals surface area contributed by atoms with Gasteiger partial charge in [0, 0.05) is 0 Å². The molecule has 0 radical (unpaired) electrons. The largest absolute Gasteiger partial charge is 0.494 e. The van der Waals surface area contributed by atoms with Crippen LogP contribution in [0.4, 0.5) is 4.39 Å². The lowest BCUT2D eigenvalue weighted by molar-refractivity contribution is 0.366. The van der Waals surface area contributed by atoms with Gasteiger partial charge < -0.3 is 10.1 Å². The second-order valence-corrected chi connectivity index (χ2v) is 5.84. The van der Waals surface area contributed by atoms with Gasteiger partial charge in [-0.25, -0.2) is 4.39 Å². The summed E-state index contributed by atoms with van der Waals surface area (Å²) in [4.78, 5) is 0. The van der Waals surface area contributed by atoms with E-state index < -0.39 is 0 Å². The van der Waals surface area contributed by atoms with E-state index in [1.807, 2.05) is 12.1 Å². The van der Waals surface area contributed by atoms with E-state index >= 15 is 0 Å². The molecule has 1 unspecified atom stereocenters. The summed E-state index contributed by atoms with van der Waals surface area (Å²) in [5.74, 6) is 1.21. The number of ether oxygens (including phenoxy) is 1. The van der Waals surface area contributed by atoms with Crippen molar-refractivity contribution in [3.8, 4) is 5.75 Å². The highest BCUT2D eigenvalue weighted by molar-refractivity contribution is 5.31. The van der Waals surface area contributed by atoms with Crippen LogP contribution in [0.15, 0.2) is 18.2 Å². The van der Waals surface area contributed by atoms with Crippen LogP contribution in [-0.2, 0) is 6.42 Å². The van der Waals surface area contributed by atoms with Crippen molar-refractivity contribution < 1.29 is 9.13 Å². The van der Waals surface area contributed by atoms with Gasteiger partial charge in [0.15, 0.2) is 11.6 Å². The minimum atomic E-state index is -0.209. The van der Waals surface area contributed by atoms with Crippen molar-refractivity contribution in [3.05, 3.63) is 29.6 Å². The molecule has 0 bridgehead atoms. The van der Waals surface area contributed by atoms with E-state index in [1.165, 1.54) is 7.11 Å². The molecule has 0 aliphatic carbocycles. The zero-order valence-electron chi connectivity index (χ0n) is 13.2. The summed E-state index contributed by atoms with van der Waals surface area (Å²) < 4.78 is 19.3. The van der Waals surface area contributed by atoms with Gasteiger partial charge in [0.25, 0.3) is 0 Å². The number of halogens is 1. The first-order chi connectivity index (χ1) is 9.58. The molecule has 114 valence electrons. The van der Waals surface area contributed by atoms with Crippen molar-refractivity contribution in [2.45, 2.75) is 40.0 Å². The Bertz CT molecular complexity index is 393. The Morgan fingerprint density at radius 2 is 2.05 bits per heavy atom.